The second kappa shape index (κ2) is 3.58. The fourth-order valence-corrected chi connectivity index (χ4v) is 1.79. The minimum Gasteiger partial charge on any atom is -0.501 e. The van der Waals surface area contributed by atoms with Crippen LogP contribution in [0.2, 0.25) is 0 Å². The average Bonchev–Trinajstić information content (AvgIpc) is 2.46. The molecule has 0 radical (unpaired) electrons. The van der Waals surface area contributed by atoms with E-state index in [1.165, 1.54) is 0 Å². The van der Waals surface area contributed by atoms with Crippen LogP contribution in [0.4, 0.5) is 0 Å². The Balaban J connectivity index is 2.33. The van der Waals surface area contributed by atoms with Crippen molar-refractivity contribution in [2.75, 3.05) is 0 Å². The van der Waals surface area contributed by atoms with E-state index in [1.54, 1.807) is 18.2 Å². The van der Waals surface area contributed by atoms with Crippen LogP contribution in [0.25, 0.3) is 0 Å². The van der Waals surface area contributed by atoms with E-state index in [4.69, 9.17) is 10.5 Å². The molecule has 1 aromatic carbocycles. The van der Waals surface area contributed by atoms with E-state index in [-0.39, 0.29) is 5.88 Å². The summed E-state index contributed by atoms with van der Waals surface area (Å²) >= 11 is 3.29. The SMILES string of the molecule is NC1=C(O)C(=O)[C@H](c2cccc(Br)c2)O1. The molecule has 15 heavy (non-hydrogen) atoms. The fourth-order valence-electron chi connectivity index (χ4n) is 1.37. The van der Waals surface area contributed by atoms with Gasteiger partial charge in [-0.15, -0.1) is 0 Å². The third kappa shape index (κ3) is 1.70. The largest absolute Gasteiger partial charge is 0.501 e. The van der Waals surface area contributed by atoms with Crippen LogP contribution in [0.3, 0.4) is 0 Å². The van der Waals surface area contributed by atoms with Crippen molar-refractivity contribution in [1.29, 1.82) is 0 Å². The lowest BCUT2D eigenvalue weighted by molar-refractivity contribution is -0.123. The molecule has 1 heterocycles. The molecule has 1 aromatic rings. The molecule has 3 N–H and O–H groups in total. The zero-order valence-corrected chi connectivity index (χ0v) is 9.19. The maximum Gasteiger partial charge on any atom is 0.247 e. The molecular weight excluding hydrogens is 262 g/mol. The van der Waals surface area contributed by atoms with Crippen LogP contribution in [0, 0.1) is 0 Å². The van der Waals surface area contributed by atoms with Crippen molar-refractivity contribution in [2.45, 2.75) is 6.10 Å². The summed E-state index contributed by atoms with van der Waals surface area (Å²) in [5.41, 5.74) is 5.96. The highest BCUT2D eigenvalue weighted by atomic mass is 79.9. The molecule has 0 aliphatic carbocycles. The van der Waals surface area contributed by atoms with Crippen molar-refractivity contribution in [1.82, 2.24) is 0 Å². The molecule has 2 rings (SSSR count). The molecular formula is C10H8BrNO3. The minimum atomic E-state index is -0.831. The van der Waals surface area contributed by atoms with Gasteiger partial charge in [-0.25, -0.2) is 0 Å². The van der Waals surface area contributed by atoms with Crippen molar-refractivity contribution in [3.8, 4) is 0 Å². The van der Waals surface area contributed by atoms with Crippen LogP contribution in [-0.2, 0) is 9.53 Å². The highest BCUT2D eigenvalue weighted by Crippen LogP contribution is 2.30. The number of ether oxygens (including phenoxy) is 1. The van der Waals surface area contributed by atoms with Gasteiger partial charge in [0, 0.05) is 10.0 Å². The molecule has 0 aromatic heterocycles. The lowest BCUT2D eigenvalue weighted by Gasteiger charge is -2.09. The van der Waals surface area contributed by atoms with E-state index in [0.29, 0.717) is 5.56 Å². The van der Waals surface area contributed by atoms with Gasteiger partial charge in [0.05, 0.1) is 0 Å². The Labute approximate surface area is 94.5 Å². The molecule has 0 unspecified atom stereocenters. The summed E-state index contributed by atoms with van der Waals surface area (Å²) < 4.78 is 5.90. The summed E-state index contributed by atoms with van der Waals surface area (Å²) in [6.45, 7) is 0. The molecule has 0 saturated heterocycles. The number of rotatable bonds is 1. The number of aliphatic hydroxyl groups excluding tert-OH is 1. The first-order valence-corrected chi connectivity index (χ1v) is 5.04. The van der Waals surface area contributed by atoms with Crippen LogP contribution in [-0.4, -0.2) is 10.9 Å². The smallest absolute Gasteiger partial charge is 0.247 e. The predicted octanol–water partition coefficient (Wildman–Crippen LogP) is 1.78. The van der Waals surface area contributed by atoms with E-state index in [9.17, 15) is 9.90 Å². The normalized spacial score (nSPS) is 20.6. The number of aliphatic hydroxyl groups is 1. The van der Waals surface area contributed by atoms with Gasteiger partial charge >= 0.3 is 0 Å². The summed E-state index contributed by atoms with van der Waals surface area (Å²) in [4.78, 5) is 11.5. The maximum absolute atomic E-state index is 11.5. The zero-order chi connectivity index (χ0) is 11.0. The molecule has 0 saturated carbocycles. The van der Waals surface area contributed by atoms with Gasteiger partial charge in [-0.05, 0) is 12.1 Å². The third-order valence-electron chi connectivity index (χ3n) is 2.10. The minimum absolute atomic E-state index is 0.218. The fraction of sp³-hybridized carbons (Fsp3) is 0.100. The molecule has 1 atom stereocenters. The number of benzene rings is 1. The molecule has 4 nitrogen and oxygen atoms in total. The number of ketones is 1. The molecule has 0 fully saturated rings. The van der Waals surface area contributed by atoms with Gasteiger partial charge in [0.25, 0.3) is 0 Å². The van der Waals surface area contributed by atoms with Crippen molar-refractivity contribution in [2.24, 2.45) is 5.73 Å². The summed E-state index contributed by atoms with van der Waals surface area (Å²) in [5.74, 6) is -1.23. The molecule has 0 amide bonds. The Hall–Kier alpha value is -1.49. The number of hydrogen-bond acceptors (Lipinski definition) is 4. The average molecular weight is 270 g/mol. The van der Waals surface area contributed by atoms with Gasteiger partial charge in [0.2, 0.25) is 17.4 Å². The van der Waals surface area contributed by atoms with E-state index in [2.05, 4.69) is 15.9 Å². The summed E-state index contributed by atoms with van der Waals surface area (Å²) in [5, 5.41) is 9.24. The number of Topliss-reactive ketones (excluding diaryl/α,β-unsaturated/α-hetero) is 1. The number of carbonyl (C=O) groups is 1. The summed E-state index contributed by atoms with van der Waals surface area (Å²) in [6.07, 6.45) is -0.831. The second-order valence-electron chi connectivity index (χ2n) is 3.13. The topological polar surface area (TPSA) is 72.5 Å². The van der Waals surface area contributed by atoms with Gasteiger partial charge in [0.15, 0.2) is 6.10 Å². The quantitative estimate of drug-likeness (QED) is 0.815. The van der Waals surface area contributed by atoms with Gasteiger partial charge < -0.3 is 15.6 Å². The Bertz CT molecular complexity index is 456. The van der Waals surface area contributed by atoms with E-state index in [1.807, 2.05) is 6.07 Å². The monoisotopic (exact) mass is 269 g/mol. The number of nitrogens with two attached hydrogens (primary N) is 1. The van der Waals surface area contributed by atoms with Gasteiger partial charge in [-0.3, -0.25) is 4.79 Å². The predicted molar refractivity (Wildman–Crippen MR) is 56.8 cm³/mol. The number of carbonyl (C=O) groups excluding carboxylic acids is 1. The Morgan fingerprint density at radius 2 is 2.20 bits per heavy atom. The van der Waals surface area contributed by atoms with E-state index < -0.39 is 17.6 Å². The highest BCUT2D eigenvalue weighted by Gasteiger charge is 2.35. The van der Waals surface area contributed by atoms with E-state index >= 15 is 0 Å². The van der Waals surface area contributed by atoms with Crippen molar-refractivity contribution < 1.29 is 14.6 Å². The van der Waals surface area contributed by atoms with E-state index in [0.717, 1.165) is 4.47 Å². The van der Waals surface area contributed by atoms with Gasteiger partial charge in [0.1, 0.15) is 0 Å². The Morgan fingerprint density at radius 3 is 2.73 bits per heavy atom. The van der Waals surface area contributed by atoms with Crippen LogP contribution in [0.1, 0.15) is 11.7 Å². The number of hydrogen-bond donors (Lipinski definition) is 2. The van der Waals surface area contributed by atoms with Crippen LogP contribution in [0.15, 0.2) is 40.4 Å². The maximum atomic E-state index is 11.5. The van der Waals surface area contributed by atoms with Crippen molar-refractivity contribution >= 4 is 21.7 Å². The molecule has 1 aliphatic heterocycles. The van der Waals surface area contributed by atoms with Crippen molar-refractivity contribution in [3.63, 3.8) is 0 Å². The second-order valence-corrected chi connectivity index (χ2v) is 4.05. The molecule has 1 aliphatic rings. The lowest BCUT2D eigenvalue weighted by Crippen LogP contribution is -2.09. The van der Waals surface area contributed by atoms with Crippen LogP contribution >= 0.6 is 15.9 Å². The highest BCUT2D eigenvalue weighted by molar-refractivity contribution is 9.10. The summed E-state index contributed by atoms with van der Waals surface area (Å²) in [7, 11) is 0. The Morgan fingerprint density at radius 1 is 1.47 bits per heavy atom. The van der Waals surface area contributed by atoms with Gasteiger partial charge in [-0.2, -0.15) is 0 Å². The Kier molecular flexibility index (Phi) is 2.40. The van der Waals surface area contributed by atoms with Crippen LogP contribution in [0.5, 0.6) is 0 Å². The standard InChI is InChI=1S/C10H8BrNO3/c11-6-3-1-2-5(4-6)9-7(13)8(14)10(12)15-9/h1-4,9,14H,12H2/t9-/m0/s1. The zero-order valence-electron chi connectivity index (χ0n) is 7.61. The molecule has 5 heteroatoms. The first-order valence-electron chi connectivity index (χ1n) is 4.24. The first kappa shape index (κ1) is 10.0. The van der Waals surface area contributed by atoms with Crippen LogP contribution < -0.4 is 5.73 Å². The van der Waals surface area contributed by atoms with Crippen molar-refractivity contribution in [3.05, 3.63) is 45.9 Å². The lowest BCUT2D eigenvalue weighted by atomic mass is 10.1. The first-order chi connectivity index (χ1) is 7.09. The number of halogens is 1. The molecule has 0 spiro atoms. The molecule has 0 bridgehead atoms. The summed E-state index contributed by atoms with van der Waals surface area (Å²) in [6, 6.07) is 7.09. The van der Waals surface area contributed by atoms with Gasteiger partial charge in [-0.1, -0.05) is 28.1 Å². The molecule has 78 valence electrons. The third-order valence-corrected chi connectivity index (χ3v) is 2.59.